The molecule has 0 saturated heterocycles. The van der Waals surface area contributed by atoms with Crippen molar-refractivity contribution in [2.24, 2.45) is 0 Å². The lowest BCUT2D eigenvalue weighted by molar-refractivity contribution is -0.394. The highest BCUT2D eigenvalue weighted by Crippen LogP contribution is 2.20. The van der Waals surface area contributed by atoms with Crippen molar-refractivity contribution in [3.63, 3.8) is 0 Å². The molecule has 0 radical (unpaired) electrons. The smallest absolute Gasteiger partial charge is 0.490 e. The maximum absolute atomic E-state index is 10.4. The Hall–Kier alpha value is -2.48. The van der Waals surface area contributed by atoms with Crippen molar-refractivity contribution in [2.75, 3.05) is 7.11 Å². The van der Waals surface area contributed by atoms with E-state index < -0.39 is 17.0 Å². The van der Waals surface area contributed by atoms with E-state index in [-0.39, 0.29) is 6.54 Å². The molecule has 0 aliphatic heterocycles. The van der Waals surface area contributed by atoms with Crippen molar-refractivity contribution in [3.8, 4) is 5.75 Å². The molecule has 2 rings (SSSR count). The van der Waals surface area contributed by atoms with Crippen LogP contribution >= 0.6 is 0 Å². The van der Waals surface area contributed by atoms with Gasteiger partial charge in [0.2, 0.25) is 6.33 Å². The van der Waals surface area contributed by atoms with Gasteiger partial charge < -0.3 is 20.0 Å². The Labute approximate surface area is 108 Å². The number of hydrogen-bond donors (Lipinski definition) is 1. The van der Waals surface area contributed by atoms with Crippen LogP contribution in [0, 0.1) is 10.1 Å². The van der Waals surface area contributed by atoms with E-state index in [9.17, 15) is 15.2 Å². The van der Waals surface area contributed by atoms with Crippen LogP contribution in [-0.4, -0.2) is 31.9 Å². The summed E-state index contributed by atoms with van der Waals surface area (Å²) in [5, 5.41) is 24.1. The first-order chi connectivity index (χ1) is 9.10. The van der Waals surface area contributed by atoms with E-state index in [4.69, 9.17) is 4.74 Å². The number of nitrogens with zero attached hydrogens (tertiary/aromatic N) is 4. The van der Waals surface area contributed by atoms with E-state index in [1.165, 1.54) is 18.1 Å². The predicted octanol–water partition coefficient (Wildman–Crippen LogP) is 0.928. The summed E-state index contributed by atoms with van der Waals surface area (Å²) < 4.78 is 6.28. The van der Waals surface area contributed by atoms with E-state index in [1.807, 2.05) is 0 Å². The van der Waals surface area contributed by atoms with Crippen molar-refractivity contribution in [2.45, 2.75) is 12.6 Å². The van der Waals surface area contributed by atoms with Crippen LogP contribution in [0.1, 0.15) is 11.7 Å². The molecule has 100 valence electrons. The van der Waals surface area contributed by atoms with Crippen LogP contribution in [-0.2, 0) is 6.54 Å². The van der Waals surface area contributed by atoms with E-state index in [0.717, 1.165) is 0 Å². The Bertz CT molecular complexity index is 584. The van der Waals surface area contributed by atoms with Gasteiger partial charge in [-0.25, -0.2) is 0 Å². The third-order valence-electron chi connectivity index (χ3n) is 2.53. The fourth-order valence-electron chi connectivity index (χ4n) is 1.59. The molecule has 0 spiro atoms. The molecule has 8 nitrogen and oxygen atoms in total. The van der Waals surface area contributed by atoms with Gasteiger partial charge in [-0.15, -0.1) is 0 Å². The highest BCUT2D eigenvalue weighted by Gasteiger charge is 2.16. The standard InChI is InChI=1S/C11H12N4O4/c1-19-9-4-2-3-8(5-9)10(16)6-14-7-12-11(13-14)15(17)18/h2-5,7,10,16H,6H2,1H3. The van der Waals surface area contributed by atoms with Crippen LogP contribution in [0.15, 0.2) is 30.6 Å². The number of methoxy groups -OCH3 is 1. The third-order valence-corrected chi connectivity index (χ3v) is 2.53. The maximum atomic E-state index is 10.4. The first-order valence-electron chi connectivity index (χ1n) is 5.46. The number of ether oxygens (including phenoxy) is 1. The molecule has 1 N–H and O–H groups in total. The molecule has 1 aromatic heterocycles. The normalized spacial score (nSPS) is 12.1. The zero-order valence-electron chi connectivity index (χ0n) is 10.1. The summed E-state index contributed by atoms with van der Waals surface area (Å²) >= 11 is 0. The average molecular weight is 264 g/mol. The lowest BCUT2D eigenvalue weighted by Gasteiger charge is -2.10. The number of rotatable bonds is 5. The number of hydrogen-bond acceptors (Lipinski definition) is 6. The molecule has 0 aliphatic rings. The number of aromatic nitrogens is 3. The van der Waals surface area contributed by atoms with Gasteiger partial charge in [0.15, 0.2) is 0 Å². The fourth-order valence-corrected chi connectivity index (χ4v) is 1.59. The van der Waals surface area contributed by atoms with E-state index in [0.29, 0.717) is 11.3 Å². The fraction of sp³-hybridized carbons (Fsp3) is 0.273. The highest BCUT2D eigenvalue weighted by molar-refractivity contribution is 5.29. The molecule has 19 heavy (non-hydrogen) atoms. The Morgan fingerprint density at radius 1 is 1.58 bits per heavy atom. The minimum Gasteiger partial charge on any atom is -0.497 e. The SMILES string of the molecule is COc1cccc(C(O)Cn2cnc([N+](=O)[O-])n2)c1. The van der Waals surface area contributed by atoms with E-state index in [1.54, 1.807) is 24.3 Å². The molecule has 1 atom stereocenters. The average Bonchev–Trinajstić information content (AvgIpc) is 2.87. The van der Waals surface area contributed by atoms with Crippen molar-refractivity contribution in [3.05, 3.63) is 46.3 Å². The Morgan fingerprint density at radius 2 is 2.37 bits per heavy atom. The number of aliphatic hydroxyl groups is 1. The van der Waals surface area contributed by atoms with Crippen LogP contribution < -0.4 is 4.74 Å². The molecule has 0 fully saturated rings. The Balaban J connectivity index is 2.10. The first kappa shape index (κ1) is 13.0. The van der Waals surface area contributed by atoms with Crippen LogP contribution in [0.3, 0.4) is 0 Å². The van der Waals surface area contributed by atoms with Crippen LogP contribution in [0.5, 0.6) is 5.75 Å². The minimum absolute atomic E-state index is 0.0774. The lowest BCUT2D eigenvalue weighted by atomic mass is 10.1. The van der Waals surface area contributed by atoms with Crippen LogP contribution in [0.25, 0.3) is 0 Å². The topological polar surface area (TPSA) is 103 Å². The summed E-state index contributed by atoms with van der Waals surface area (Å²) in [6.45, 7) is 0.0774. The maximum Gasteiger partial charge on any atom is 0.490 e. The summed E-state index contributed by atoms with van der Waals surface area (Å²) in [6.07, 6.45) is 0.359. The molecule has 0 bridgehead atoms. The van der Waals surface area contributed by atoms with Crippen molar-refractivity contribution in [1.82, 2.24) is 14.8 Å². The van der Waals surface area contributed by atoms with Gasteiger partial charge in [0.1, 0.15) is 11.9 Å². The van der Waals surface area contributed by atoms with Crippen LogP contribution in [0.2, 0.25) is 0 Å². The van der Waals surface area contributed by atoms with Gasteiger partial charge in [0.25, 0.3) is 0 Å². The minimum atomic E-state index is -0.851. The molecule has 8 heteroatoms. The molecule has 0 aliphatic carbocycles. The summed E-state index contributed by atoms with van der Waals surface area (Å²) in [4.78, 5) is 13.3. The number of benzene rings is 1. The number of nitro groups is 1. The monoisotopic (exact) mass is 264 g/mol. The van der Waals surface area contributed by atoms with Gasteiger partial charge in [0.05, 0.1) is 13.7 Å². The van der Waals surface area contributed by atoms with Gasteiger partial charge >= 0.3 is 5.95 Å². The van der Waals surface area contributed by atoms with Gasteiger partial charge in [-0.2, -0.15) is 4.68 Å². The van der Waals surface area contributed by atoms with E-state index in [2.05, 4.69) is 10.1 Å². The third kappa shape index (κ3) is 3.05. The molecule has 1 heterocycles. The molecule has 0 amide bonds. The largest absolute Gasteiger partial charge is 0.497 e. The zero-order valence-corrected chi connectivity index (χ0v) is 10.1. The van der Waals surface area contributed by atoms with Crippen LogP contribution in [0.4, 0.5) is 5.95 Å². The molecule has 1 unspecified atom stereocenters. The van der Waals surface area contributed by atoms with Gasteiger partial charge in [-0.1, -0.05) is 17.1 Å². The Morgan fingerprint density at radius 3 is 3.00 bits per heavy atom. The molecular weight excluding hydrogens is 252 g/mol. The second-order valence-corrected chi connectivity index (χ2v) is 3.82. The number of aliphatic hydroxyl groups excluding tert-OH is 1. The van der Waals surface area contributed by atoms with Crippen molar-refractivity contribution in [1.29, 1.82) is 0 Å². The first-order valence-corrected chi connectivity index (χ1v) is 5.46. The molecule has 2 aromatic rings. The summed E-state index contributed by atoms with van der Waals surface area (Å²) in [5.41, 5.74) is 0.637. The lowest BCUT2D eigenvalue weighted by Crippen LogP contribution is -2.09. The molecule has 0 saturated carbocycles. The van der Waals surface area contributed by atoms with Crippen molar-refractivity contribution >= 4 is 5.95 Å². The Kier molecular flexibility index (Phi) is 3.71. The molecule has 1 aromatic carbocycles. The van der Waals surface area contributed by atoms with Gasteiger partial charge in [-0.05, 0) is 22.6 Å². The summed E-state index contributed by atoms with van der Waals surface area (Å²) in [5.74, 6) is 0.138. The quantitative estimate of drug-likeness (QED) is 0.636. The highest BCUT2D eigenvalue weighted by atomic mass is 16.6. The summed E-state index contributed by atoms with van der Waals surface area (Å²) in [7, 11) is 1.53. The van der Waals surface area contributed by atoms with E-state index >= 15 is 0 Å². The van der Waals surface area contributed by atoms with Gasteiger partial charge in [0, 0.05) is 5.10 Å². The molecular formula is C11H12N4O4. The predicted molar refractivity (Wildman–Crippen MR) is 64.6 cm³/mol. The zero-order chi connectivity index (χ0) is 13.8. The van der Waals surface area contributed by atoms with Crippen molar-refractivity contribution < 1.29 is 14.8 Å². The second kappa shape index (κ2) is 5.44. The second-order valence-electron chi connectivity index (χ2n) is 3.82. The van der Waals surface area contributed by atoms with Gasteiger partial charge in [-0.3, -0.25) is 0 Å². The summed E-state index contributed by atoms with van der Waals surface area (Å²) in [6, 6.07) is 6.94.